The smallest absolute Gasteiger partial charge is 0.261 e. The third kappa shape index (κ3) is 3.15. The summed E-state index contributed by atoms with van der Waals surface area (Å²) in [6, 6.07) is 12.0. The van der Waals surface area contributed by atoms with Crippen LogP contribution >= 0.6 is 11.3 Å². The first kappa shape index (κ1) is 15.7. The number of unbranched alkanes of at least 4 members (excludes halogenated alkanes) is 1. The number of benzene rings is 1. The lowest BCUT2D eigenvalue weighted by Crippen LogP contribution is -2.23. The number of hydrogen-bond donors (Lipinski definition) is 1. The van der Waals surface area contributed by atoms with Crippen LogP contribution in [0.4, 0.5) is 0 Å². The first-order valence-electron chi connectivity index (χ1n) is 8.08. The van der Waals surface area contributed by atoms with Crippen molar-refractivity contribution < 1.29 is 4.79 Å². The number of rotatable bonds is 6. The van der Waals surface area contributed by atoms with Crippen LogP contribution in [0.1, 0.15) is 36.4 Å². The van der Waals surface area contributed by atoms with Crippen molar-refractivity contribution in [2.45, 2.75) is 33.2 Å². The number of carbonyl (C=O) groups is 1. The fourth-order valence-electron chi connectivity index (χ4n) is 2.63. The highest BCUT2D eigenvalue weighted by molar-refractivity contribution is 7.17. The van der Waals surface area contributed by atoms with Gasteiger partial charge in [0.1, 0.15) is 0 Å². The number of amides is 1. The van der Waals surface area contributed by atoms with E-state index in [1.54, 1.807) is 0 Å². The third-order valence-electron chi connectivity index (χ3n) is 3.84. The maximum absolute atomic E-state index is 12.2. The number of nitrogens with one attached hydrogen (secondary N) is 1. The molecule has 1 amide bonds. The Hall–Kier alpha value is -2.14. The van der Waals surface area contributed by atoms with Gasteiger partial charge >= 0.3 is 0 Å². The molecule has 0 bridgehead atoms. The maximum atomic E-state index is 12.2. The summed E-state index contributed by atoms with van der Waals surface area (Å²) < 4.78 is 2.19. The molecule has 0 atom stereocenters. The highest BCUT2D eigenvalue weighted by atomic mass is 32.1. The van der Waals surface area contributed by atoms with Gasteiger partial charge in [0.15, 0.2) is 5.82 Å². The first-order valence-corrected chi connectivity index (χ1v) is 8.90. The number of fused-ring (bicyclic) bond motifs is 1. The first-order chi connectivity index (χ1) is 11.2. The normalized spacial score (nSPS) is 11.0. The van der Waals surface area contributed by atoms with E-state index in [4.69, 9.17) is 4.98 Å². The number of carbonyl (C=O) groups excluding carboxylic acids is 1. The summed E-state index contributed by atoms with van der Waals surface area (Å²) in [5.41, 5.74) is 2.12. The molecule has 0 unspecified atom stereocenters. The Bertz CT molecular complexity index is 819. The van der Waals surface area contributed by atoms with E-state index in [0.717, 1.165) is 52.5 Å². The van der Waals surface area contributed by atoms with Gasteiger partial charge in [0.05, 0.1) is 20.8 Å². The van der Waals surface area contributed by atoms with Crippen LogP contribution in [0.25, 0.3) is 21.7 Å². The van der Waals surface area contributed by atoms with Crippen LogP contribution in [0.15, 0.2) is 36.4 Å². The Morgan fingerprint density at radius 3 is 2.83 bits per heavy atom. The van der Waals surface area contributed by atoms with Crippen LogP contribution in [0.2, 0.25) is 0 Å². The summed E-state index contributed by atoms with van der Waals surface area (Å²) in [4.78, 5) is 18.7. The minimum absolute atomic E-state index is 0.00820. The van der Waals surface area contributed by atoms with Gasteiger partial charge < -0.3 is 9.88 Å². The second kappa shape index (κ2) is 6.96. The molecular formula is C18H21N3OS. The van der Waals surface area contributed by atoms with Crippen molar-refractivity contribution in [3.05, 3.63) is 41.3 Å². The summed E-state index contributed by atoms with van der Waals surface area (Å²) in [5, 5.41) is 2.96. The third-order valence-corrected chi connectivity index (χ3v) is 4.92. The molecule has 2 heterocycles. The van der Waals surface area contributed by atoms with E-state index in [-0.39, 0.29) is 5.91 Å². The Balaban J connectivity index is 1.90. The minimum atomic E-state index is 0.00820. The fourth-order valence-corrected chi connectivity index (χ4v) is 3.55. The van der Waals surface area contributed by atoms with Gasteiger partial charge in [-0.25, -0.2) is 4.98 Å². The average Bonchev–Trinajstić information content (AvgIpc) is 3.19. The zero-order valence-corrected chi connectivity index (χ0v) is 14.3. The standard InChI is InChI=1S/C18H21N3OS/c1-3-5-12-19-18(22)16-11-10-15(23-16)17-20-13-8-6-7-9-14(13)21(17)4-2/h6-11H,3-5,12H2,1-2H3,(H,19,22). The van der Waals surface area contributed by atoms with Crippen molar-refractivity contribution in [1.82, 2.24) is 14.9 Å². The molecule has 0 spiro atoms. The molecule has 0 aliphatic rings. The fraction of sp³-hybridized carbons (Fsp3) is 0.333. The monoisotopic (exact) mass is 327 g/mol. The van der Waals surface area contributed by atoms with Gasteiger partial charge in [0.2, 0.25) is 0 Å². The van der Waals surface area contributed by atoms with Crippen LogP contribution in [-0.4, -0.2) is 22.0 Å². The van der Waals surface area contributed by atoms with Crippen LogP contribution in [0.3, 0.4) is 0 Å². The summed E-state index contributed by atoms with van der Waals surface area (Å²) >= 11 is 1.50. The highest BCUT2D eigenvalue weighted by Gasteiger charge is 2.15. The number of aromatic nitrogens is 2. The number of imidazole rings is 1. The van der Waals surface area contributed by atoms with Gasteiger partial charge in [-0.15, -0.1) is 11.3 Å². The van der Waals surface area contributed by atoms with Gasteiger partial charge in [0.25, 0.3) is 5.91 Å². The van der Waals surface area contributed by atoms with E-state index in [1.807, 2.05) is 30.3 Å². The van der Waals surface area contributed by atoms with Gasteiger partial charge in [-0.05, 0) is 37.6 Å². The average molecular weight is 327 g/mol. The van der Waals surface area contributed by atoms with Crippen molar-refractivity contribution in [2.75, 3.05) is 6.54 Å². The number of para-hydroxylation sites is 2. The van der Waals surface area contributed by atoms with E-state index in [9.17, 15) is 4.79 Å². The van der Waals surface area contributed by atoms with E-state index < -0.39 is 0 Å². The Kier molecular flexibility index (Phi) is 4.76. The lowest BCUT2D eigenvalue weighted by atomic mass is 10.3. The van der Waals surface area contributed by atoms with E-state index in [2.05, 4.69) is 29.8 Å². The molecule has 0 aliphatic heterocycles. The molecule has 23 heavy (non-hydrogen) atoms. The summed E-state index contributed by atoms with van der Waals surface area (Å²) in [6.07, 6.45) is 2.09. The van der Waals surface area contributed by atoms with Crippen molar-refractivity contribution in [1.29, 1.82) is 0 Å². The van der Waals surface area contributed by atoms with E-state index >= 15 is 0 Å². The lowest BCUT2D eigenvalue weighted by Gasteiger charge is -2.04. The molecule has 0 saturated heterocycles. The number of nitrogens with zero attached hydrogens (tertiary/aromatic N) is 2. The molecule has 0 aliphatic carbocycles. The number of aryl methyl sites for hydroxylation is 1. The molecule has 1 aromatic carbocycles. The van der Waals surface area contributed by atoms with Gasteiger partial charge in [-0.2, -0.15) is 0 Å². The summed E-state index contributed by atoms with van der Waals surface area (Å²) in [7, 11) is 0. The SMILES string of the molecule is CCCCNC(=O)c1ccc(-c2nc3ccccc3n2CC)s1. The van der Waals surface area contributed by atoms with Gasteiger partial charge in [0, 0.05) is 13.1 Å². The van der Waals surface area contributed by atoms with Crippen molar-refractivity contribution in [3.63, 3.8) is 0 Å². The largest absolute Gasteiger partial charge is 0.351 e. The minimum Gasteiger partial charge on any atom is -0.351 e. The van der Waals surface area contributed by atoms with Crippen molar-refractivity contribution in [3.8, 4) is 10.7 Å². The zero-order chi connectivity index (χ0) is 16.2. The molecule has 2 aromatic heterocycles. The molecule has 5 heteroatoms. The summed E-state index contributed by atoms with van der Waals surface area (Å²) in [6.45, 7) is 5.82. The molecule has 3 aromatic rings. The molecule has 0 radical (unpaired) electrons. The predicted octanol–water partition coefficient (Wildman–Crippen LogP) is 4.31. The van der Waals surface area contributed by atoms with Gasteiger partial charge in [-0.3, -0.25) is 4.79 Å². The molecule has 1 N–H and O–H groups in total. The molecule has 120 valence electrons. The number of thiophene rings is 1. The molecule has 0 saturated carbocycles. The van der Waals surface area contributed by atoms with E-state index in [0.29, 0.717) is 0 Å². The molecule has 0 fully saturated rings. The molecule has 4 nitrogen and oxygen atoms in total. The topological polar surface area (TPSA) is 46.9 Å². The second-order valence-corrected chi connectivity index (χ2v) is 6.53. The van der Waals surface area contributed by atoms with E-state index in [1.165, 1.54) is 11.3 Å². The van der Waals surface area contributed by atoms with Crippen LogP contribution in [0.5, 0.6) is 0 Å². The highest BCUT2D eigenvalue weighted by Crippen LogP contribution is 2.30. The van der Waals surface area contributed by atoms with Crippen LogP contribution in [0, 0.1) is 0 Å². The van der Waals surface area contributed by atoms with Crippen LogP contribution in [-0.2, 0) is 6.54 Å². The van der Waals surface area contributed by atoms with Crippen molar-refractivity contribution >= 4 is 28.3 Å². The molecular weight excluding hydrogens is 306 g/mol. The maximum Gasteiger partial charge on any atom is 0.261 e. The predicted molar refractivity (Wildman–Crippen MR) is 96.0 cm³/mol. The second-order valence-electron chi connectivity index (χ2n) is 5.44. The Labute approximate surface area is 140 Å². The quantitative estimate of drug-likeness (QED) is 0.686. The Morgan fingerprint density at radius 2 is 2.04 bits per heavy atom. The molecule has 3 rings (SSSR count). The Morgan fingerprint density at radius 1 is 1.22 bits per heavy atom. The number of hydrogen-bond acceptors (Lipinski definition) is 3. The zero-order valence-electron chi connectivity index (χ0n) is 13.5. The summed E-state index contributed by atoms with van der Waals surface area (Å²) in [5.74, 6) is 0.945. The van der Waals surface area contributed by atoms with Gasteiger partial charge in [-0.1, -0.05) is 25.5 Å². The lowest BCUT2D eigenvalue weighted by molar-refractivity contribution is 0.0957. The van der Waals surface area contributed by atoms with Crippen LogP contribution < -0.4 is 5.32 Å². The van der Waals surface area contributed by atoms with Crippen molar-refractivity contribution in [2.24, 2.45) is 0 Å².